The molecule has 0 saturated heterocycles. The molecule has 0 aliphatic carbocycles. The van der Waals surface area contributed by atoms with Gasteiger partial charge in [-0.1, -0.05) is 13.8 Å². The van der Waals surface area contributed by atoms with Gasteiger partial charge in [-0.15, -0.1) is 0 Å². The van der Waals surface area contributed by atoms with Gasteiger partial charge in [0.1, 0.15) is 5.41 Å². The Balaban J connectivity index is 2.71. The van der Waals surface area contributed by atoms with E-state index in [9.17, 15) is 9.59 Å². The van der Waals surface area contributed by atoms with Crippen LogP contribution in [0.1, 0.15) is 33.3 Å². The molecule has 1 aromatic carbocycles. The van der Waals surface area contributed by atoms with Gasteiger partial charge >= 0.3 is 0 Å². The van der Waals surface area contributed by atoms with Gasteiger partial charge in [-0.05, 0) is 44.0 Å². The van der Waals surface area contributed by atoms with E-state index < -0.39 is 5.41 Å². The summed E-state index contributed by atoms with van der Waals surface area (Å²) in [6.45, 7) is 7.68. The Hall–Kier alpha value is -2.35. The molecule has 1 rings (SSSR count). The van der Waals surface area contributed by atoms with Crippen molar-refractivity contribution in [1.29, 1.82) is 5.26 Å². The lowest BCUT2D eigenvalue weighted by Crippen LogP contribution is -2.46. The van der Waals surface area contributed by atoms with Crippen molar-refractivity contribution >= 4 is 17.5 Å². The average molecular weight is 287 g/mol. The Morgan fingerprint density at radius 3 is 2.24 bits per heavy atom. The van der Waals surface area contributed by atoms with Gasteiger partial charge in [-0.2, -0.15) is 5.26 Å². The van der Waals surface area contributed by atoms with E-state index in [2.05, 4.69) is 10.6 Å². The van der Waals surface area contributed by atoms with Crippen LogP contribution in [0.25, 0.3) is 0 Å². The van der Waals surface area contributed by atoms with Gasteiger partial charge in [-0.3, -0.25) is 9.59 Å². The number of carbonyl (C=O) groups excluding carboxylic acids is 2. The molecule has 0 spiro atoms. The molecule has 0 unspecified atom stereocenters. The molecule has 112 valence electrons. The molecule has 0 atom stereocenters. The number of nitrogens with one attached hydrogen (secondary N) is 2. The number of benzene rings is 1. The fourth-order valence-corrected chi connectivity index (χ4v) is 1.54. The second-order valence-corrected chi connectivity index (χ2v) is 5.87. The summed E-state index contributed by atoms with van der Waals surface area (Å²) < 4.78 is 0. The maximum Gasteiger partial charge on any atom is 0.239 e. The van der Waals surface area contributed by atoms with Gasteiger partial charge in [0.05, 0.1) is 11.6 Å². The summed E-state index contributed by atoms with van der Waals surface area (Å²) in [6.07, 6.45) is 0. The average Bonchev–Trinajstić information content (AvgIpc) is 2.45. The topological polar surface area (TPSA) is 82.0 Å². The summed E-state index contributed by atoms with van der Waals surface area (Å²) in [6, 6.07) is 8.51. The van der Waals surface area contributed by atoms with Crippen molar-refractivity contribution in [1.82, 2.24) is 5.32 Å². The van der Waals surface area contributed by atoms with Gasteiger partial charge < -0.3 is 10.6 Å². The molecule has 0 bridgehead atoms. The minimum atomic E-state index is -1.16. The first-order valence-electron chi connectivity index (χ1n) is 6.87. The van der Waals surface area contributed by atoms with Crippen molar-refractivity contribution in [3.05, 3.63) is 29.8 Å². The zero-order valence-corrected chi connectivity index (χ0v) is 12.9. The normalized spacial score (nSPS) is 10.9. The molecular formula is C16H21N3O2. The van der Waals surface area contributed by atoms with Gasteiger partial charge in [0.15, 0.2) is 0 Å². The van der Waals surface area contributed by atoms with Crippen molar-refractivity contribution < 1.29 is 9.59 Å². The van der Waals surface area contributed by atoms with Crippen LogP contribution in [0.4, 0.5) is 5.69 Å². The zero-order chi connectivity index (χ0) is 16.0. The van der Waals surface area contributed by atoms with E-state index in [1.807, 2.05) is 19.9 Å². The van der Waals surface area contributed by atoms with E-state index in [0.717, 1.165) is 0 Å². The highest BCUT2D eigenvalue weighted by Crippen LogP contribution is 2.19. The molecule has 21 heavy (non-hydrogen) atoms. The van der Waals surface area contributed by atoms with Crippen LogP contribution in [0.3, 0.4) is 0 Å². The lowest BCUT2D eigenvalue weighted by Gasteiger charge is -2.23. The minimum absolute atomic E-state index is 0.303. The lowest BCUT2D eigenvalue weighted by atomic mass is 9.90. The van der Waals surface area contributed by atoms with Gasteiger partial charge in [-0.25, -0.2) is 0 Å². The number of rotatable bonds is 5. The van der Waals surface area contributed by atoms with Crippen molar-refractivity contribution in [3.63, 3.8) is 0 Å². The fraction of sp³-hybridized carbons (Fsp3) is 0.438. The molecule has 0 heterocycles. The van der Waals surface area contributed by atoms with Gasteiger partial charge in [0.2, 0.25) is 11.8 Å². The largest absolute Gasteiger partial charge is 0.355 e. The standard InChI is InChI=1S/C16H21N3O2/c1-11(2)10-18-14(20)16(3,4)15(21)19-13-7-5-12(9-17)6-8-13/h5-8,11H,10H2,1-4H3,(H,18,20)(H,19,21). The number of anilines is 1. The number of nitriles is 1. The van der Waals surface area contributed by atoms with Crippen LogP contribution >= 0.6 is 0 Å². The molecule has 0 aromatic heterocycles. The molecule has 0 radical (unpaired) electrons. The molecule has 0 saturated carbocycles. The van der Waals surface area contributed by atoms with E-state index in [1.165, 1.54) is 0 Å². The summed E-state index contributed by atoms with van der Waals surface area (Å²) in [5.41, 5.74) is -0.0892. The van der Waals surface area contributed by atoms with E-state index >= 15 is 0 Å². The first-order chi connectivity index (χ1) is 9.77. The quantitative estimate of drug-likeness (QED) is 0.815. The molecule has 1 aromatic rings. The van der Waals surface area contributed by atoms with E-state index in [-0.39, 0.29) is 11.8 Å². The van der Waals surface area contributed by atoms with Crippen molar-refractivity contribution in [2.75, 3.05) is 11.9 Å². The number of hydrogen-bond acceptors (Lipinski definition) is 3. The maximum absolute atomic E-state index is 12.2. The Morgan fingerprint density at radius 2 is 1.76 bits per heavy atom. The lowest BCUT2D eigenvalue weighted by molar-refractivity contribution is -0.138. The maximum atomic E-state index is 12.2. The molecule has 2 amide bonds. The molecule has 5 heteroatoms. The van der Waals surface area contributed by atoms with Crippen LogP contribution in [-0.4, -0.2) is 18.4 Å². The molecule has 5 nitrogen and oxygen atoms in total. The minimum Gasteiger partial charge on any atom is -0.355 e. The van der Waals surface area contributed by atoms with Gasteiger partial charge in [0, 0.05) is 12.2 Å². The van der Waals surface area contributed by atoms with Crippen LogP contribution < -0.4 is 10.6 Å². The zero-order valence-electron chi connectivity index (χ0n) is 12.9. The predicted octanol–water partition coefficient (Wildman–Crippen LogP) is 2.30. The molecule has 2 N–H and O–H groups in total. The first-order valence-corrected chi connectivity index (χ1v) is 6.87. The summed E-state index contributed by atoms with van der Waals surface area (Å²) >= 11 is 0. The Labute approximate surface area is 125 Å². The third kappa shape index (κ3) is 4.60. The van der Waals surface area contributed by atoms with E-state index in [1.54, 1.807) is 38.1 Å². The summed E-state index contributed by atoms with van der Waals surface area (Å²) in [7, 11) is 0. The number of hydrogen-bond donors (Lipinski definition) is 2. The van der Waals surface area contributed by atoms with Crippen LogP contribution in [-0.2, 0) is 9.59 Å². The van der Waals surface area contributed by atoms with E-state index in [4.69, 9.17) is 5.26 Å². The molecular weight excluding hydrogens is 266 g/mol. The summed E-state index contributed by atoms with van der Waals surface area (Å²) in [5, 5.41) is 14.2. The second-order valence-electron chi connectivity index (χ2n) is 5.87. The second kappa shape index (κ2) is 6.89. The highest BCUT2D eigenvalue weighted by Gasteiger charge is 2.35. The smallest absolute Gasteiger partial charge is 0.239 e. The summed E-state index contributed by atoms with van der Waals surface area (Å²) in [5.74, 6) is -0.359. The molecule has 0 fully saturated rings. The third-order valence-electron chi connectivity index (χ3n) is 3.08. The first kappa shape index (κ1) is 16.7. The number of carbonyl (C=O) groups is 2. The van der Waals surface area contributed by atoms with Gasteiger partial charge in [0.25, 0.3) is 0 Å². The summed E-state index contributed by atoms with van der Waals surface area (Å²) in [4.78, 5) is 24.3. The Kier molecular flexibility index (Phi) is 5.48. The third-order valence-corrected chi connectivity index (χ3v) is 3.08. The SMILES string of the molecule is CC(C)CNC(=O)C(C)(C)C(=O)Nc1ccc(C#N)cc1. The van der Waals surface area contributed by atoms with Crippen LogP contribution in [0.15, 0.2) is 24.3 Å². The van der Waals surface area contributed by atoms with Crippen molar-refractivity contribution in [2.45, 2.75) is 27.7 Å². The Morgan fingerprint density at radius 1 is 1.19 bits per heavy atom. The number of nitrogens with zero attached hydrogens (tertiary/aromatic N) is 1. The van der Waals surface area contributed by atoms with Crippen molar-refractivity contribution in [2.24, 2.45) is 11.3 Å². The van der Waals surface area contributed by atoms with Crippen LogP contribution in [0.5, 0.6) is 0 Å². The fourth-order valence-electron chi connectivity index (χ4n) is 1.54. The molecule has 0 aliphatic rings. The molecule has 0 aliphatic heterocycles. The van der Waals surface area contributed by atoms with Crippen molar-refractivity contribution in [3.8, 4) is 6.07 Å². The Bertz CT molecular complexity index is 554. The number of amides is 2. The highest BCUT2D eigenvalue weighted by molar-refractivity contribution is 6.09. The highest BCUT2D eigenvalue weighted by atomic mass is 16.2. The van der Waals surface area contributed by atoms with E-state index in [0.29, 0.717) is 23.7 Å². The predicted molar refractivity (Wildman–Crippen MR) is 81.4 cm³/mol. The monoisotopic (exact) mass is 287 g/mol. The van der Waals surface area contributed by atoms with Crippen LogP contribution in [0.2, 0.25) is 0 Å². The van der Waals surface area contributed by atoms with Crippen LogP contribution in [0, 0.1) is 22.7 Å².